The summed E-state index contributed by atoms with van der Waals surface area (Å²) in [6.07, 6.45) is 3.21. The Morgan fingerprint density at radius 2 is 2.31 bits per heavy atom. The fourth-order valence-corrected chi connectivity index (χ4v) is 2.59. The van der Waals surface area contributed by atoms with E-state index in [0.29, 0.717) is 5.69 Å². The van der Waals surface area contributed by atoms with Gasteiger partial charge in [-0.2, -0.15) is 0 Å². The second kappa shape index (κ2) is 3.37. The molecule has 2 heterocycles. The molecule has 16 heavy (non-hydrogen) atoms. The smallest absolute Gasteiger partial charge is 0.166 e. The van der Waals surface area contributed by atoms with Crippen LogP contribution in [0.4, 0.5) is 5.69 Å². The maximum Gasteiger partial charge on any atom is 0.166 e. The Bertz CT molecular complexity index is 556. The van der Waals surface area contributed by atoms with Gasteiger partial charge in [0, 0.05) is 30.2 Å². The SMILES string of the molecule is CN1CCCc2ccc3[nH]c(C=O)cc3c21. The molecule has 1 aromatic carbocycles. The first-order valence-electron chi connectivity index (χ1n) is 5.60. The number of nitrogens with zero attached hydrogens (tertiary/aromatic N) is 1. The van der Waals surface area contributed by atoms with Crippen LogP contribution in [0.1, 0.15) is 22.5 Å². The van der Waals surface area contributed by atoms with Crippen LogP contribution in [0.2, 0.25) is 0 Å². The number of hydrogen-bond acceptors (Lipinski definition) is 2. The van der Waals surface area contributed by atoms with Crippen LogP contribution in [0.15, 0.2) is 18.2 Å². The number of aromatic nitrogens is 1. The number of aryl methyl sites for hydroxylation is 1. The predicted molar refractivity (Wildman–Crippen MR) is 65.3 cm³/mol. The topological polar surface area (TPSA) is 36.1 Å². The molecule has 1 N–H and O–H groups in total. The number of rotatable bonds is 1. The van der Waals surface area contributed by atoms with Gasteiger partial charge in [-0.15, -0.1) is 0 Å². The molecule has 3 nitrogen and oxygen atoms in total. The maximum atomic E-state index is 10.8. The Balaban J connectivity index is 2.32. The first kappa shape index (κ1) is 9.46. The lowest BCUT2D eigenvalue weighted by atomic mass is 9.99. The number of carbonyl (C=O) groups excluding carboxylic acids is 1. The van der Waals surface area contributed by atoms with Crippen molar-refractivity contribution in [2.24, 2.45) is 0 Å². The number of fused-ring (bicyclic) bond motifs is 3. The Kier molecular flexibility index (Phi) is 1.99. The van der Waals surface area contributed by atoms with Crippen molar-refractivity contribution in [3.8, 4) is 0 Å². The summed E-state index contributed by atoms with van der Waals surface area (Å²) in [5.74, 6) is 0. The standard InChI is InChI=1S/C13H14N2O/c1-15-6-2-3-9-4-5-12-11(13(9)15)7-10(8-16)14-12/h4-5,7-8,14H,2-3,6H2,1H3. The van der Waals surface area contributed by atoms with E-state index in [1.54, 1.807) is 0 Å². The Morgan fingerprint density at radius 1 is 1.44 bits per heavy atom. The summed E-state index contributed by atoms with van der Waals surface area (Å²) >= 11 is 0. The highest BCUT2D eigenvalue weighted by Crippen LogP contribution is 2.34. The van der Waals surface area contributed by atoms with E-state index in [0.717, 1.165) is 24.8 Å². The van der Waals surface area contributed by atoms with Crippen LogP contribution in [-0.4, -0.2) is 24.9 Å². The lowest BCUT2D eigenvalue weighted by molar-refractivity contribution is 0.112. The molecule has 0 saturated heterocycles. The van der Waals surface area contributed by atoms with Crippen molar-refractivity contribution in [3.63, 3.8) is 0 Å². The highest BCUT2D eigenvalue weighted by molar-refractivity contribution is 5.98. The number of hydrogen-bond donors (Lipinski definition) is 1. The summed E-state index contributed by atoms with van der Waals surface area (Å²) in [7, 11) is 2.12. The van der Waals surface area contributed by atoms with E-state index in [9.17, 15) is 4.79 Å². The van der Waals surface area contributed by atoms with E-state index < -0.39 is 0 Å². The number of benzene rings is 1. The second-order valence-electron chi connectivity index (χ2n) is 4.40. The van der Waals surface area contributed by atoms with Gasteiger partial charge in [-0.3, -0.25) is 4.79 Å². The van der Waals surface area contributed by atoms with Gasteiger partial charge < -0.3 is 9.88 Å². The summed E-state index contributed by atoms with van der Waals surface area (Å²) in [4.78, 5) is 16.2. The zero-order valence-corrected chi connectivity index (χ0v) is 9.29. The molecule has 0 amide bonds. The van der Waals surface area contributed by atoms with Crippen LogP contribution in [0.25, 0.3) is 10.9 Å². The van der Waals surface area contributed by atoms with Gasteiger partial charge in [-0.1, -0.05) is 6.07 Å². The molecule has 1 aromatic heterocycles. The van der Waals surface area contributed by atoms with Crippen LogP contribution >= 0.6 is 0 Å². The van der Waals surface area contributed by atoms with Crippen molar-refractivity contribution >= 4 is 22.9 Å². The normalized spacial score (nSPS) is 15.2. The number of aldehydes is 1. The molecule has 0 spiro atoms. The number of H-pyrrole nitrogens is 1. The molecule has 3 rings (SSSR count). The summed E-state index contributed by atoms with van der Waals surface area (Å²) < 4.78 is 0. The van der Waals surface area contributed by atoms with Crippen LogP contribution in [0.3, 0.4) is 0 Å². The van der Waals surface area contributed by atoms with Gasteiger partial charge in [0.1, 0.15) is 0 Å². The van der Waals surface area contributed by atoms with E-state index in [1.807, 2.05) is 6.07 Å². The first-order chi connectivity index (χ1) is 7.79. The van der Waals surface area contributed by atoms with Gasteiger partial charge in [0.2, 0.25) is 0 Å². The highest BCUT2D eigenvalue weighted by atomic mass is 16.1. The Labute approximate surface area is 94.1 Å². The van der Waals surface area contributed by atoms with E-state index in [4.69, 9.17) is 0 Å². The fourth-order valence-electron chi connectivity index (χ4n) is 2.59. The summed E-state index contributed by atoms with van der Waals surface area (Å²) in [6, 6.07) is 6.18. The minimum absolute atomic E-state index is 0.655. The zero-order chi connectivity index (χ0) is 11.1. The van der Waals surface area contributed by atoms with Crippen molar-refractivity contribution in [2.75, 3.05) is 18.5 Å². The van der Waals surface area contributed by atoms with Crippen molar-refractivity contribution < 1.29 is 4.79 Å². The molecule has 3 heteroatoms. The van der Waals surface area contributed by atoms with E-state index in [1.165, 1.54) is 23.1 Å². The number of aromatic amines is 1. The molecule has 1 aliphatic rings. The number of carbonyl (C=O) groups is 1. The molecule has 0 aliphatic carbocycles. The minimum atomic E-state index is 0.655. The van der Waals surface area contributed by atoms with Gasteiger partial charge in [0.05, 0.1) is 5.69 Å². The molecule has 0 saturated carbocycles. The van der Waals surface area contributed by atoms with Crippen molar-refractivity contribution in [3.05, 3.63) is 29.5 Å². The average Bonchev–Trinajstić information content (AvgIpc) is 2.72. The Morgan fingerprint density at radius 3 is 3.12 bits per heavy atom. The van der Waals surface area contributed by atoms with E-state index >= 15 is 0 Å². The number of anilines is 1. The van der Waals surface area contributed by atoms with Crippen molar-refractivity contribution in [1.82, 2.24) is 4.98 Å². The zero-order valence-electron chi connectivity index (χ0n) is 9.29. The Hall–Kier alpha value is -1.77. The molecule has 0 bridgehead atoms. The van der Waals surface area contributed by atoms with Gasteiger partial charge >= 0.3 is 0 Å². The van der Waals surface area contributed by atoms with Gasteiger partial charge in [0.25, 0.3) is 0 Å². The van der Waals surface area contributed by atoms with Gasteiger partial charge in [0.15, 0.2) is 6.29 Å². The largest absolute Gasteiger partial charge is 0.374 e. The third-order valence-corrected chi connectivity index (χ3v) is 3.33. The molecular weight excluding hydrogens is 200 g/mol. The molecule has 0 unspecified atom stereocenters. The minimum Gasteiger partial charge on any atom is -0.374 e. The van der Waals surface area contributed by atoms with Crippen LogP contribution in [0, 0.1) is 0 Å². The quantitative estimate of drug-likeness (QED) is 0.740. The maximum absolute atomic E-state index is 10.8. The van der Waals surface area contributed by atoms with Crippen LogP contribution in [0.5, 0.6) is 0 Å². The molecule has 0 atom stereocenters. The first-order valence-corrected chi connectivity index (χ1v) is 5.60. The van der Waals surface area contributed by atoms with Gasteiger partial charge in [-0.05, 0) is 30.5 Å². The highest BCUT2D eigenvalue weighted by Gasteiger charge is 2.17. The van der Waals surface area contributed by atoms with Crippen LogP contribution in [-0.2, 0) is 6.42 Å². The van der Waals surface area contributed by atoms with E-state index in [-0.39, 0.29) is 0 Å². The molecule has 82 valence electrons. The third kappa shape index (κ3) is 1.24. The average molecular weight is 214 g/mol. The molecule has 0 fully saturated rings. The van der Waals surface area contributed by atoms with Crippen molar-refractivity contribution in [2.45, 2.75) is 12.8 Å². The fraction of sp³-hybridized carbons (Fsp3) is 0.308. The monoisotopic (exact) mass is 214 g/mol. The third-order valence-electron chi connectivity index (χ3n) is 3.33. The lowest BCUT2D eigenvalue weighted by Crippen LogP contribution is -2.24. The summed E-state index contributed by atoms with van der Waals surface area (Å²) in [6.45, 7) is 1.09. The van der Waals surface area contributed by atoms with Crippen molar-refractivity contribution in [1.29, 1.82) is 0 Å². The number of nitrogens with one attached hydrogen (secondary N) is 1. The van der Waals surface area contributed by atoms with Crippen LogP contribution < -0.4 is 4.90 Å². The molecule has 1 aliphatic heterocycles. The predicted octanol–water partition coefficient (Wildman–Crippen LogP) is 2.36. The lowest BCUT2D eigenvalue weighted by Gasteiger charge is -2.28. The molecular formula is C13H14N2O. The molecule has 2 aromatic rings. The second-order valence-corrected chi connectivity index (χ2v) is 4.40. The summed E-state index contributed by atoms with van der Waals surface area (Å²) in [5, 5.41) is 1.17. The van der Waals surface area contributed by atoms with Gasteiger partial charge in [-0.25, -0.2) is 0 Å². The molecule has 0 radical (unpaired) electrons. The summed E-state index contributed by atoms with van der Waals surface area (Å²) in [5.41, 5.74) is 4.38. The van der Waals surface area contributed by atoms with E-state index in [2.05, 4.69) is 29.1 Å².